The summed E-state index contributed by atoms with van der Waals surface area (Å²) in [4.78, 5) is 4.35. The average molecular weight is 254 g/mol. The van der Waals surface area contributed by atoms with Crippen LogP contribution >= 0.6 is 11.8 Å². The van der Waals surface area contributed by atoms with E-state index in [2.05, 4.69) is 11.9 Å². The van der Waals surface area contributed by atoms with Crippen molar-refractivity contribution in [2.45, 2.75) is 62.5 Å². The number of oxazole rings is 1. The first-order valence-corrected chi connectivity index (χ1v) is 7.41. The van der Waals surface area contributed by atoms with Crippen molar-refractivity contribution in [3.63, 3.8) is 0 Å². The van der Waals surface area contributed by atoms with Gasteiger partial charge in [-0.3, -0.25) is 0 Å². The lowest BCUT2D eigenvalue weighted by atomic mass is 9.83. The van der Waals surface area contributed by atoms with Gasteiger partial charge < -0.3 is 10.2 Å². The van der Waals surface area contributed by atoms with Crippen LogP contribution in [-0.4, -0.2) is 16.3 Å². The first-order valence-electron chi connectivity index (χ1n) is 6.53. The molecule has 3 unspecified atom stereocenters. The van der Waals surface area contributed by atoms with E-state index >= 15 is 0 Å². The molecule has 3 nitrogen and oxygen atoms in total. The molecular weight excluding hydrogens is 232 g/mol. The van der Waals surface area contributed by atoms with Crippen LogP contribution in [0.15, 0.2) is 15.9 Å². The quantitative estimate of drug-likeness (QED) is 0.895. The predicted octanol–water partition coefficient (Wildman–Crippen LogP) is 3.37. The fourth-order valence-electron chi connectivity index (χ4n) is 2.56. The average Bonchev–Trinajstić information content (AvgIpc) is 2.69. The van der Waals surface area contributed by atoms with Gasteiger partial charge in [-0.05, 0) is 32.1 Å². The maximum absolute atomic E-state index is 6.20. The summed E-state index contributed by atoms with van der Waals surface area (Å²) in [5.74, 6) is 0.841. The third-order valence-electron chi connectivity index (χ3n) is 3.50. The third kappa shape index (κ3) is 3.49. The molecule has 0 aromatic carbocycles. The number of hydrogen-bond donors (Lipinski definition) is 1. The molecule has 1 fully saturated rings. The van der Waals surface area contributed by atoms with Gasteiger partial charge in [0.15, 0.2) is 0 Å². The van der Waals surface area contributed by atoms with Gasteiger partial charge in [0.1, 0.15) is 6.26 Å². The monoisotopic (exact) mass is 254 g/mol. The second kappa shape index (κ2) is 5.91. The van der Waals surface area contributed by atoms with Crippen molar-refractivity contribution in [2.75, 3.05) is 0 Å². The Morgan fingerprint density at radius 2 is 2.35 bits per heavy atom. The highest BCUT2D eigenvalue weighted by Crippen LogP contribution is 2.36. The van der Waals surface area contributed by atoms with E-state index in [1.807, 2.05) is 6.92 Å². The molecule has 1 saturated carbocycles. The van der Waals surface area contributed by atoms with Gasteiger partial charge in [0.25, 0.3) is 5.22 Å². The van der Waals surface area contributed by atoms with Crippen molar-refractivity contribution in [1.82, 2.24) is 4.98 Å². The number of aryl methyl sites for hydroxylation is 1. The minimum atomic E-state index is 0.292. The molecule has 0 saturated heterocycles. The first-order chi connectivity index (χ1) is 8.19. The molecule has 1 aliphatic carbocycles. The molecule has 0 aliphatic heterocycles. The number of thioether (sulfide) groups is 1. The Labute approximate surface area is 108 Å². The minimum absolute atomic E-state index is 0.292. The summed E-state index contributed by atoms with van der Waals surface area (Å²) in [6.07, 6.45) is 7.95. The Balaban J connectivity index is 1.93. The van der Waals surface area contributed by atoms with Crippen LogP contribution < -0.4 is 5.73 Å². The number of aromatic nitrogens is 1. The third-order valence-corrected chi connectivity index (χ3v) is 4.73. The number of nitrogens with two attached hydrogens (primary N) is 1. The summed E-state index contributed by atoms with van der Waals surface area (Å²) < 4.78 is 5.41. The van der Waals surface area contributed by atoms with E-state index in [-0.39, 0.29) is 0 Å². The number of nitrogens with zero attached hydrogens (tertiary/aromatic N) is 1. The Bertz CT molecular complexity index is 353. The zero-order valence-corrected chi connectivity index (χ0v) is 11.5. The van der Waals surface area contributed by atoms with Crippen LogP contribution in [0.4, 0.5) is 0 Å². The summed E-state index contributed by atoms with van der Waals surface area (Å²) >= 11 is 1.72. The van der Waals surface area contributed by atoms with Crippen LogP contribution in [-0.2, 0) is 0 Å². The Morgan fingerprint density at radius 3 is 3.00 bits per heavy atom. The molecule has 3 atom stereocenters. The molecule has 17 heavy (non-hydrogen) atoms. The molecule has 1 aromatic rings. The highest BCUT2D eigenvalue weighted by atomic mass is 32.2. The zero-order chi connectivity index (χ0) is 12.3. The Hall–Kier alpha value is -0.480. The van der Waals surface area contributed by atoms with E-state index in [1.165, 1.54) is 25.7 Å². The molecular formula is C13H22N2OS. The fourth-order valence-corrected chi connectivity index (χ4v) is 3.80. The molecule has 96 valence electrons. The molecule has 1 heterocycles. The van der Waals surface area contributed by atoms with Gasteiger partial charge in [-0.2, -0.15) is 0 Å². The Kier molecular flexibility index (Phi) is 4.51. The second-order valence-electron chi connectivity index (χ2n) is 5.04. The van der Waals surface area contributed by atoms with Crippen molar-refractivity contribution in [3.05, 3.63) is 12.0 Å². The number of hydrogen-bond acceptors (Lipinski definition) is 4. The largest absolute Gasteiger partial charge is 0.440 e. The van der Waals surface area contributed by atoms with Crippen LogP contribution in [0.3, 0.4) is 0 Å². The summed E-state index contributed by atoms with van der Waals surface area (Å²) in [6, 6.07) is 0.292. The van der Waals surface area contributed by atoms with Gasteiger partial charge in [-0.25, -0.2) is 4.98 Å². The van der Waals surface area contributed by atoms with E-state index in [0.29, 0.717) is 11.3 Å². The van der Waals surface area contributed by atoms with Crippen LogP contribution in [0.1, 0.15) is 44.7 Å². The van der Waals surface area contributed by atoms with Crippen LogP contribution in [0.25, 0.3) is 0 Å². The Morgan fingerprint density at radius 1 is 1.53 bits per heavy atom. The van der Waals surface area contributed by atoms with Crippen molar-refractivity contribution in [3.8, 4) is 0 Å². The van der Waals surface area contributed by atoms with Gasteiger partial charge in [-0.15, -0.1) is 0 Å². The molecule has 0 radical (unpaired) electrons. The lowest BCUT2D eigenvalue weighted by Gasteiger charge is -2.32. The van der Waals surface area contributed by atoms with E-state index in [9.17, 15) is 0 Å². The summed E-state index contributed by atoms with van der Waals surface area (Å²) in [7, 11) is 0. The standard InChI is InChI=1S/C13H22N2OS/c1-3-4-10-5-6-11(14)12(7-10)17-13-15-9(2)8-16-13/h8,10-12H,3-7,14H2,1-2H3. The van der Waals surface area contributed by atoms with Crippen molar-refractivity contribution >= 4 is 11.8 Å². The molecule has 0 amide bonds. The van der Waals surface area contributed by atoms with Gasteiger partial charge in [0.05, 0.1) is 5.69 Å². The van der Waals surface area contributed by atoms with Gasteiger partial charge in [0, 0.05) is 11.3 Å². The van der Waals surface area contributed by atoms with Gasteiger partial charge >= 0.3 is 0 Å². The summed E-state index contributed by atoms with van der Waals surface area (Å²) in [5.41, 5.74) is 7.15. The lowest BCUT2D eigenvalue weighted by molar-refractivity contribution is 0.315. The van der Waals surface area contributed by atoms with Gasteiger partial charge in [0.2, 0.25) is 0 Å². The lowest BCUT2D eigenvalue weighted by Crippen LogP contribution is -2.38. The molecule has 2 rings (SSSR count). The minimum Gasteiger partial charge on any atom is -0.440 e. The zero-order valence-electron chi connectivity index (χ0n) is 10.7. The van der Waals surface area contributed by atoms with Crippen LogP contribution in [0.5, 0.6) is 0 Å². The van der Waals surface area contributed by atoms with E-state index in [0.717, 1.165) is 23.3 Å². The molecule has 4 heteroatoms. The normalized spacial score (nSPS) is 29.5. The first kappa shape index (κ1) is 13.0. The van der Waals surface area contributed by atoms with E-state index < -0.39 is 0 Å². The second-order valence-corrected chi connectivity index (χ2v) is 6.23. The van der Waals surface area contributed by atoms with Crippen LogP contribution in [0, 0.1) is 12.8 Å². The maximum Gasteiger partial charge on any atom is 0.256 e. The fraction of sp³-hybridized carbons (Fsp3) is 0.769. The van der Waals surface area contributed by atoms with Crippen molar-refractivity contribution in [1.29, 1.82) is 0 Å². The van der Waals surface area contributed by atoms with E-state index in [4.69, 9.17) is 10.2 Å². The summed E-state index contributed by atoms with van der Waals surface area (Å²) in [6.45, 7) is 4.21. The topological polar surface area (TPSA) is 52.0 Å². The van der Waals surface area contributed by atoms with Crippen molar-refractivity contribution in [2.24, 2.45) is 11.7 Å². The molecule has 0 bridgehead atoms. The van der Waals surface area contributed by atoms with E-state index in [1.54, 1.807) is 18.0 Å². The van der Waals surface area contributed by atoms with Gasteiger partial charge in [-0.1, -0.05) is 31.5 Å². The molecule has 0 spiro atoms. The molecule has 1 aliphatic rings. The molecule has 2 N–H and O–H groups in total. The maximum atomic E-state index is 6.20. The summed E-state index contributed by atoms with van der Waals surface area (Å²) in [5, 5.41) is 1.25. The molecule has 1 aromatic heterocycles. The van der Waals surface area contributed by atoms with Crippen LogP contribution in [0.2, 0.25) is 0 Å². The smallest absolute Gasteiger partial charge is 0.256 e. The highest BCUT2D eigenvalue weighted by Gasteiger charge is 2.29. The SMILES string of the molecule is CCCC1CCC(N)C(Sc2nc(C)co2)C1. The number of rotatable bonds is 4. The van der Waals surface area contributed by atoms with Crippen molar-refractivity contribution < 1.29 is 4.42 Å². The predicted molar refractivity (Wildman–Crippen MR) is 71.1 cm³/mol. The highest BCUT2D eigenvalue weighted by molar-refractivity contribution is 7.99.